The van der Waals surface area contributed by atoms with Gasteiger partial charge in [-0.3, -0.25) is 15.0 Å². The maximum absolute atomic E-state index is 4.02. The molecule has 0 spiro atoms. The Hall–Kier alpha value is -2.03. The van der Waals surface area contributed by atoms with Crippen LogP contribution in [0.2, 0.25) is 0 Å². The van der Waals surface area contributed by atoms with Gasteiger partial charge in [-0.05, 0) is 18.2 Å². The van der Waals surface area contributed by atoms with E-state index in [4.69, 9.17) is 0 Å². The topological polar surface area (TPSA) is 37.6 Å². The molecular weight excluding hydrogens is 174 g/mol. The Morgan fingerprint density at radius 2 is 1.86 bits per heavy atom. The van der Waals surface area contributed by atoms with Crippen LogP contribution in [0, 0.1) is 0 Å². The third-order valence-corrected chi connectivity index (χ3v) is 1.74. The van der Waals surface area contributed by atoms with Crippen molar-refractivity contribution in [1.29, 1.82) is 0 Å². The van der Waals surface area contributed by atoms with E-state index in [1.54, 1.807) is 24.8 Å². The minimum atomic E-state index is 0.991. The molecule has 68 valence electrons. The van der Waals surface area contributed by atoms with E-state index in [1.807, 2.05) is 30.5 Å². The van der Waals surface area contributed by atoms with Crippen LogP contribution in [0.5, 0.6) is 0 Å². The lowest BCUT2D eigenvalue weighted by Crippen LogP contribution is -1.91. The Morgan fingerprint density at radius 1 is 1.00 bits per heavy atom. The van der Waals surface area contributed by atoms with Crippen molar-refractivity contribution in [3.05, 3.63) is 54.6 Å². The van der Waals surface area contributed by atoms with Crippen molar-refractivity contribution in [3.63, 3.8) is 0 Å². The van der Waals surface area contributed by atoms with E-state index in [-0.39, 0.29) is 0 Å². The Balaban J connectivity index is 0.000000112. The van der Waals surface area contributed by atoms with Gasteiger partial charge in [-0.25, -0.2) is 0 Å². The van der Waals surface area contributed by atoms with Crippen molar-refractivity contribution in [2.75, 3.05) is 0 Å². The third kappa shape index (κ3) is 2.01. The first-order valence-electron chi connectivity index (χ1n) is 4.30. The maximum Gasteiger partial charge on any atom is 0.0900 e. The first kappa shape index (κ1) is 8.56. The standard InChI is InChI=1S/C6H4N2.C5H5N/c1-2-8-6-4-7-3-5(1)6;1-2-4-6-5-3-1/h1-4H;1-5H. The highest BCUT2D eigenvalue weighted by Crippen LogP contribution is 2.11. The summed E-state index contributed by atoms with van der Waals surface area (Å²) in [5.74, 6) is 0. The van der Waals surface area contributed by atoms with E-state index >= 15 is 0 Å². The summed E-state index contributed by atoms with van der Waals surface area (Å²) >= 11 is 0. The molecule has 14 heavy (non-hydrogen) atoms. The van der Waals surface area contributed by atoms with E-state index in [1.165, 1.54) is 0 Å². The maximum atomic E-state index is 4.02. The quantitative estimate of drug-likeness (QED) is 0.606. The van der Waals surface area contributed by atoms with Crippen molar-refractivity contribution in [1.82, 2.24) is 4.98 Å². The number of aromatic nitrogens is 1. The summed E-state index contributed by atoms with van der Waals surface area (Å²) < 4.78 is 0. The number of hydrogen-bond donors (Lipinski definition) is 0. The second-order valence-corrected chi connectivity index (χ2v) is 2.72. The van der Waals surface area contributed by atoms with Gasteiger partial charge in [0.15, 0.2) is 0 Å². The summed E-state index contributed by atoms with van der Waals surface area (Å²) in [5, 5.41) is 0. The van der Waals surface area contributed by atoms with Crippen LogP contribution in [-0.4, -0.2) is 16.9 Å². The fraction of sp³-hybridized carbons (Fsp3) is 0. The molecule has 0 N–H and O–H groups in total. The molecule has 0 unspecified atom stereocenters. The molecule has 2 aliphatic heterocycles. The Morgan fingerprint density at radius 3 is 2.43 bits per heavy atom. The van der Waals surface area contributed by atoms with Crippen LogP contribution in [0.1, 0.15) is 0 Å². The van der Waals surface area contributed by atoms with Gasteiger partial charge < -0.3 is 0 Å². The summed E-state index contributed by atoms with van der Waals surface area (Å²) in [5.41, 5.74) is 2.12. The molecule has 0 fully saturated rings. The molecule has 0 bridgehead atoms. The van der Waals surface area contributed by atoms with Gasteiger partial charge in [-0.15, -0.1) is 0 Å². The van der Waals surface area contributed by atoms with Crippen molar-refractivity contribution in [2.45, 2.75) is 0 Å². The number of rotatable bonds is 0. The summed E-state index contributed by atoms with van der Waals surface area (Å²) in [6.07, 6.45) is 10.8. The van der Waals surface area contributed by atoms with Gasteiger partial charge in [0.2, 0.25) is 0 Å². The van der Waals surface area contributed by atoms with Crippen LogP contribution in [0.25, 0.3) is 0 Å². The van der Waals surface area contributed by atoms with Crippen LogP contribution in [-0.2, 0) is 0 Å². The highest BCUT2D eigenvalue weighted by molar-refractivity contribution is 6.41. The molecule has 2 aliphatic rings. The fourth-order valence-electron chi connectivity index (χ4n) is 1.08. The largest absolute Gasteiger partial charge is 0.265 e. The smallest absolute Gasteiger partial charge is 0.0900 e. The Bertz CT molecular complexity index is 361. The predicted molar refractivity (Wildman–Crippen MR) is 57.4 cm³/mol. The molecule has 0 aromatic carbocycles. The lowest BCUT2D eigenvalue weighted by atomic mass is 10.2. The summed E-state index contributed by atoms with van der Waals surface area (Å²) in [7, 11) is 0. The van der Waals surface area contributed by atoms with E-state index in [2.05, 4.69) is 15.0 Å². The Kier molecular flexibility index (Phi) is 2.62. The van der Waals surface area contributed by atoms with Crippen LogP contribution < -0.4 is 0 Å². The fourth-order valence-corrected chi connectivity index (χ4v) is 1.08. The van der Waals surface area contributed by atoms with Crippen molar-refractivity contribution < 1.29 is 0 Å². The SMILES string of the molecule is C1=CC2=CN=CC2=N1.c1ccncc1. The molecule has 3 nitrogen and oxygen atoms in total. The van der Waals surface area contributed by atoms with Gasteiger partial charge in [0, 0.05) is 30.4 Å². The first-order chi connectivity index (χ1) is 6.97. The highest BCUT2D eigenvalue weighted by Gasteiger charge is 2.08. The second kappa shape index (κ2) is 4.28. The van der Waals surface area contributed by atoms with Crippen molar-refractivity contribution in [3.8, 4) is 0 Å². The van der Waals surface area contributed by atoms with Crippen LogP contribution >= 0.6 is 0 Å². The van der Waals surface area contributed by atoms with E-state index in [0.29, 0.717) is 0 Å². The highest BCUT2D eigenvalue weighted by atomic mass is 14.8. The van der Waals surface area contributed by atoms with Gasteiger partial charge in [0.1, 0.15) is 0 Å². The number of hydrogen-bond acceptors (Lipinski definition) is 3. The number of nitrogens with zero attached hydrogens (tertiary/aromatic N) is 3. The van der Waals surface area contributed by atoms with Crippen LogP contribution in [0.3, 0.4) is 0 Å². The lowest BCUT2D eigenvalue weighted by Gasteiger charge is -1.80. The molecule has 0 atom stereocenters. The molecular formula is C11H9N3. The summed E-state index contributed by atoms with van der Waals surface area (Å²) in [6, 6.07) is 5.72. The van der Waals surface area contributed by atoms with Gasteiger partial charge >= 0.3 is 0 Å². The van der Waals surface area contributed by atoms with E-state index < -0.39 is 0 Å². The first-order valence-corrected chi connectivity index (χ1v) is 4.30. The molecule has 0 radical (unpaired) electrons. The number of allylic oxidation sites excluding steroid dienone is 2. The molecule has 1 aromatic rings. The van der Waals surface area contributed by atoms with Crippen molar-refractivity contribution in [2.24, 2.45) is 9.98 Å². The molecule has 3 heteroatoms. The monoisotopic (exact) mass is 183 g/mol. The lowest BCUT2D eigenvalue weighted by molar-refractivity contribution is 1.33. The van der Waals surface area contributed by atoms with E-state index in [9.17, 15) is 0 Å². The molecule has 0 saturated heterocycles. The molecule has 3 rings (SSSR count). The van der Waals surface area contributed by atoms with Gasteiger partial charge in [0.05, 0.1) is 11.9 Å². The molecule has 0 aliphatic carbocycles. The zero-order valence-electron chi connectivity index (χ0n) is 7.54. The average Bonchev–Trinajstić information content (AvgIpc) is 2.82. The zero-order valence-corrected chi connectivity index (χ0v) is 7.54. The van der Waals surface area contributed by atoms with Gasteiger partial charge in [-0.1, -0.05) is 6.07 Å². The van der Waals surface area contributed by atoms with Crippen molar-refractivity contribution >= 4 is 11.9 Å². The van der Waals surface area contributed by atoms with Crippen LogP contribution in [0.4, 0.5) is 0 Å². The molecule has 1 aromatic heterocycles. The minimum absolute atomic E-state index is 0.991. The molecule has 3 heterocycles. The van der Waals surface area contributed by atoms with Gasteiger partial charge in [0.25, 0.3) is 0 Å². The molecule has 0 saturated carbocycles. The number of aliphatic imine (C=N–C) groups is 2. The number of pyridine rings is 1. The summed E-state index contributed by atoms with van der Waals surface area (Å²) in [4.78, 5) is 11.7. The van der Waals surface area contributed by atoms with Crippen LogP contribution in [0.15, 0.2) is 64.6 Å². The summed E-state index contributed by atoms with van der Waals surface area (Å²) in [6.45, 7) is 0. The minimum Gasteiger partial charge on any atom is -0.265 e. The second-order valence-electron chi connectivity index (χ2n) is 2.72. The normalized spacial score (nSPS) is 15.4. The van der Waals surface area contributed by atoms with Gasteiger partial charge in [-0.2, -0.15) is 0 Å². The predicted octanol–water partition coefficient (Wildman–Crippen LogP) is 2.00. The van der Waals surface area contributed by atoms with E-state index in [0.717, 1.165) is 11.3 Å². The Labute approximate surface area is 82.2 Å². The average molecular weight is 183 g/mol. The molecule has 0 amide bonds. The zero-order chi connectivity index (χ0) is 9.64. The number of fused-ring (bicyclic) bond motifs is 1. The third-order valence-electron chi connectivity index (χ3n) is 1.74.